The highest BCUT2D eigenvalue weighted by atomic mass is 19.1. The van der Waals surface area contributed by atoms with E-state index in [0.29, 0.717) is 17.8 Å². The van der Waals surface area contributed by atoms with Crippen LogP contribution in [-0.4, -0.2) is 29.9 Å². The van der Waals surface area contributed by atoms with E-state index in [9.17, 15) is 4.39 Å². The summed E-state index contributed by atoms with van der Waals surface area (Å²) in [6.07, 6.45) is 5.24. The molecule has 0 spiro atoms. The van der Waals surface area contributed by atoms with Gasteiger partial charge in [-0.05, 0) is 35.4 Å². The van der Waals surface area contributed by atoms with Gasteiger partial charge in [0.25, 0.3) is 0 Å². The lowest BCUT2D eigenvalue weighted by molar-refractivity contribution is 0.282. The topological polar surface area (TPSA) is 68.8 Å². The first-order chi connectivity index (χ1) is 12.7. The molecule has 7 heteroatoms. The van der Waals surface area contributed by atoms with Crippen LogP contribution in [0.25, 0.3) is 16.9 Å². The molecule has 0 aliphatic heterocycles. The SMILES string of the molecule is OCc1ccc(Cn2cc(-c3cc(F)ccc3-n3cccn3)nn2)cc1. The first-order valence-electron chi connectivity index (χ1n) is 8.12. The molecule has 4 aromatic rings. The highest BCUT2D eigenvalue weighted by Gasteiger charge is 2.13. The molecule has 0 aliphatic carbocycles. The minimum Gasteiger partial charge on any atom is -0.392 e. The summed E-state index contributed by atoms with van der Waals surface area (Å²) in [7, 11) is 0. The van der Waals surface area contributed by atoms with Gasteiger partial charge < -0.3 is 5.11 Å². The Kier molecular flexibility index (Phi) is 4.28. The third-order valence-corrected chi connectivity index (χ3v) is 4.07. The largest absolute Gasteiger partial charge is 0.392 e. The quantitative estimate of drug-likeness (QED) is 0.602. The van der Waals surface area contributed by atoms with Crippen molar-refractivity contribution in [2.75, 3.05) is 0 Å². The Hall–Kier alpha value is -3.32. The lowest BCUT2D eigenvalue weighted by Gasteiger charge is -2.07. The molecule has 0 atom stereocenters. The second-order valence-electron chi connectivity index (χ2n) is 5.89. The molecular weight excluding hydrogens is 333 g/mol. The maximum atomic E-state index is 13.8. The van der Waals surface area contributed by atoms with Crippen LogP contribution in [0.4, 0.5) is 4.39 Å². The fourth-order valence-electron chi connectivity index (χ4n) is 2.76. The number of aromatic nitrogens is 5. The first kappa shape index (κ1) is 16.2. The molecule has 26 heavy (non-hydrogen) atoms. The summed E-state index contributed by atoms with van der Waals surface area (Å²) in [5.74, 6) is -0.343. The van der Waals surface area contributed by atoms with Crippen molar-refractivity contribution in [2.45, 2.75) is 13.2 Å². The Bertz CT molecular complexity index is 1010. The van der Waals surface area contributed by atoms with Crippen molar-refractivity contribution in [2.24, 2.45) is 0 Å². The van der Waals surface area contributed by atoms with Crippen LogP contribution in [0.5, 0.6) is 0 Å². The number of hydrogen-bond acceptors (Lipinski definition) is 4. The Balaban J connectivity index is 1.64. The average Bonchev–Trinajstić information content (AvgIpc) is 3.34. The van der Waals surface area contributed by atoms with Gasteiger partial charge in [-0.1, -0.05) is 29.5 Å². The molecule has 4 rings (SSSR count). The second kappa shape index (κ2) is 6.89. The van der Waals surface area contributed by atoms with Gasteiger partial charge in [0, 0.05) is 18.0 Å². The summed E-state index contributed by atoms with van der Waals surface area (Å²) in [5, 5.41) is 21.7. The molecule has 6 nitrogen and oxygen atoms in total. The summed E-state index contributed by atoms with van der Waals surface area (Å²) in [4.78, 5) is 0. The molecule has 0 saturated heterocycles. The second-order valence-corrected chi connectivity index (χ2v) is 5.89. The Morgan fingerprint density at radius 3 is 2.58 bits per heavy atom. The maximum absolute atomic E-state index is 13.8. The number of aliphatic hydroxyl groups excluding tert-OH is 1. The minimum atomic E-state index is -0.343. The Morgan fingerprint density at radius 1 is 1.04 bits per heavy atom. The maximum Gasteiger partial charge on any atom is 0.124 e. The molecular formula is C19H16FN5O. The minimum absolute atomic E-state index is 0.0174. The van der Waals surface area contributed by atoms with Crippen molar-refractivity contribution in [3.8, 4) is 16.9 Å². The normalized spacial score (nSPS) is 11.0. The van der Waals surface area contributed by atoms with Gasteiger partial charge in [-0.25, -0.2) is 13.8 Å². The number of halogens is 1. The summed E-state index contributed by atoms with van der Waals surface area (Å²) >= 11 is 0. The summed E-state index contributed by atoms with van der Waals surface area (Å²) in [5.41, 5.74) is 3.81. The lowest BCUT2D eigenvalue weighted by Crippen LogP contribution is -2.00. The summed E-state index contributed by atoms with van der Waals surface area (Å²) < 4.78 is 17.2. The number of aliphatic hydroxyl groups is 1. The van der Waals surface area contributed by atoms with Crippen molar-refractivity contribution in [3.05, 3.63) is 84.1 Å². The van der Waals surface area contributed by atoms with Crippen molar-refractivity contribution >= 4 is 0 Å². The molecule has 0 saturated carbocycles. The zero-order chi connectivity index (χ0) is 17.9. The number of hydrogen-bond donors (Lipinski definition) is 1. The van der Waals surface area contributed by atoms with Crippen molar-refractivity contribution < 1.29 is 9.50 Å². The van der Waals surface area contributed by atoms with E-state index in [2.05, 4.69) is 15.4 Å². The van der Waals surface area contributed by atoms with Crippen LogP contribution < -0.4 is 0 Å². The highest BCUT2D eigenvalue weighted by molar-refractivity contribution is 5.69. The van der Waals surface area contributed by atoms with Gasteiger partial charge in [-0.15, -0.1) is 5.10 Å². The molecule has 0 aliphatic rings. The van der Waals surface area contributed by atoms with E-state index in [-0.39, 0.29) is 12.4 Å². The van der Waals surface area contributed by atoms with Crippen LogP contribution in [0, 0.1) is 5.82 Å². The summed E-state index contributed by atoms with van der Waals surface area (Å²) in [6.45, 7) is 0.550. The molecule has 1 N–H and O–H groups in total. The van der Waals surface area contributed by atoms with Gasteiger partial charge in [0.15, 0.2) is 0 Å². The zero-order valence-corrected chi connectivity index (χ0v) is 13.8. The first-order valence-corrected chi connectivity index (χ1v) is 8.12. The lowest BCUT2D eigenvalue weighted by atomic mass is 10.1. The van der Waals surface area contributed by atoms with Crippen molar-refractivity contribution in [1.82, 2.24) is 24.8 Å². The number of benzene rings is 2. The number of nitrogens with zero attached hydrogens (tertiary/aromatic N) is 5. The van der Waals surface area contributed by atoms with E-state index in [1.54, 1.807) is 40.1 Å². The molecule has 0 amide bonds. The molecule has 0 unspecified atom stereocenters. The van der Waals surface area contributed by atoms with Crippen LogP contribution >= 0.6 is 0 Å². The van der Waals surface area contributed by atoms with Gasteiger partial charge in [0.1, 0.15) is 11.5 Å². The van der Waals surface area contributed by atoms with Crippen LogP contribution in [0.1, 0.15) is 11.1 Å². The third-order valence-electron chi connectivity index (χ3n) is 4.07. The molecule has 0 bridgehead atoms. The van der Waals surface area contributed by atoms with Gasteiger partial charge in [0.2, 0.25) is 0 Å². The van der Waals surface area contributed by atoms with Gasteiger partial charge in [-0.3, -0.25) is 0 Å². The molecule has 2 aromatic heterocycles. The number of rotatable bonds is 5. The van der Waals surface area contributed by atoms with Crippen LogP contribution in [0.3, 0.4) is 0 Å². The molecule has 0 radical (unpaired) electrons. The van der Waals surface area contributed by atoms with E-state index >= 15 is 0 Å². The Labute approximate surface area is 149 Å². The predicted octanol–water partition coefficient (Wildman–Crippen LogP) is 2.81. The van der Waals surface area contributed by atoms with E-state index < -0.39 is 0 Å². The van der Waals surface area contributed by atoms with E-state index in [0.717, 1.165) is 16.8 Å². The van der Waals surface area contributed by atoms with Crippen molar-refractivity contribution in [3.63, 3.8) is 0 Å². The van der Waals surface area contributed by atoms with E-state index in [1.807, 2.05) is 24.3 Å². The molecule has 0 fully saturated rings. The molecule has 2 heterocycles. The Morgan fingerprint density at radius 2 is 1.85 bits per heavy atom. The monoisotopic (exact) mass is 349 g/mol. The van der Waals surface area contributed by atoms with Gasteiger partial charge in [0.05, 0.1) is 25.0 Å². The van der Waals surface area contributed by atoms with Gasteiger partial charge >= 0.3 is 0 Å². The zero-order valence-electron chi connectivity index (χ0n) is 13.8. The predicted molar refractivity (Wildman–Crippen MR) is 94.0 cm³/mol. The average molecular weight is 349 g/mol. The summed E-state index contributed by atoms with van der Waals surface area (Å²) in [6, 6.07) is 13.9. The van der Waals surface area contributed by atoms with E-state index in [4.69, 9.17) is 5.11 Å². The van der Waals surface area contributed by atoms with Crippen LogP contribution in [-0.2, 0) is 13.2 Å². The fourth-order valence-corrected chi connectivity index (χ4v) is 2.76. The van der Waals surface area contributed by atoms with Crippen LogP contribution in [0.2, 0.25) is 0 Å². The third kappa shape index (κ3) is 3.25. The molecule has 130 valence electrons. The van der Waals surface area contributed by atoms with E-state index in [1.165, 1.54) is 12.1 Å². The standard InChI is InChI=1S/C19H16FN5O/c20-16-6-7-19(25-9-1-8-21-25)17(10-16)18-12-24(23-22-18)11-14-2-4-15(13-26)5-3-14/h1-10,12,26H,11,13H2. The van der Waals surface area contributed by atoms with Gasteiger partial charge in [-0.2, -0.15) is 5.10 Å². The fraction of sp³-hybridized carbons (Fsp3) is 0.105. The highest BCUT2D eigenvalue weighted by Crippen LogP contribution is 2.25. The molecule has 2 aromatic carbocycles. The van der Waals surface area contributed by atoms with Crippen molar-refractivity contribution in [1.29, 1.82) is 0 Å². The smallest absolute Gasteiger partial charge is 0.124 e. The van der Waals surface area contributed by atoms with Crippen LogP contribution in [0.15, 0.2) is 67.1 Å².